The molecule has 0 radical (unpaired) electrons. The number of piperidine rings is 1. The Morgan fingerprint density at radius 1 is 1.45 bits per heavy atom. The average molecular weight is 428 g/mol. The molecular formula is C19H19F3N2O4S. The monoisotopic (exact) mass is 428 g/mol. The number of alkyl halides is 3. The zero-order valence-electron chi connectivity index (χ0n) is 15.6. The van der Waals surface area contributed by atoms with Crippen LogP contribution in [-0.4, -0.2) is 54.6 Å². The lowest BCUT2D eigenvalue weighted by molar-refractivity contribution is -0.153. The lowest BCUT2D eigenvalue weighted by atomic mass is 9.88. The predicted octanol–water partition coefficient (Wildman–Crippen LogP) is 3.51. The van der Waals surface area contributed by atoms with Crippen LogP contribution in [0.15, 0.2) is 29.8 Å². The molecule has 2 unspecified atom stereocenters. The highest BCUT2D eigenvalue weighted by Gasteiger charge is 2.52. The van der Waals surface area contributed by atoms with Crippen molar-refractivity contribution in [2.75, 3.05) is 26.5 Å². The summed E-state index contributed by atoms with van der Waals surface area (Å²) >= 11 is 1.50. The first-order valence-corrected chi connectivity index (χ1v) is 9.91. The van der Waals surface area contributed by atoms with Gasteiger partial charge in [-0.05, 0) is 30.7 Å². The Hall–Kier alpha value is -2.17. The van der Waals surface area contributed by atoms with E-state index >= 15 is 0 Å². The number of thiazole rings is 1. The van der Waals surface area contributed by atoms with Crippen LogP contribution in [-0.2, 0) is 15.1 Å². The van der Waals surface area contributed by atoms with Crippen LogP contribution < -0.4 is 4.74 Å². The van der Waals surface area contributed by atoms with Crippen LogP contribution in [0.4, 0.5) is 13.2 Å². The van der Waals surface area contributed by atoms with Gasteiger partial charge >= 0.3 is 6.18 Å². The summed E-state index contributed by atoms with van der Waals surface area (Å²) in [6, 6.07) is 4.42. The zero-order chi connectivity index (χ0) is 20.6. The molecule has 6 nitrogen and oxygen atoms in total. The van der Waals surface area contributed by atoms with Gasteiger partial charge in [0.25, 0.3) is 5.91 Å². The van der Waals surface area contributed by atoms with E-state index in [-0.39, 0.29) is 24.6 Å². The number of amides is 1. The molecule has 0 saturated carbocycles. The summed E-state index contributed by atoms with van der Waals surface area (Å²) in [5, 5.41) is 2.72. The highest BCUT2D eigenvalue weighted by Crippen LogP contribution is 2.43. The van der Waals surface area contributed by atoms with E-state index in [9.17, 15) is 18.0 Å². The second-order valence-electron chi connectivity index (χ2n) is 7.03. The van der Waals surface area contributed by atoms with E-state index in [2.05, 4.69) is 4.98 Å². The summed E-state index contributed by atoms with van der Waals surface area (Å²) < 4.78 is 53.5. The molecule has 2 atom stereocenters. The Labute approximate surface area is 169 Å². The van der Waals surface area contributed by atoms with Crippen molar-refractivity contribution in [2.45, 2.75) is 31.2 Å². The summed E-state index contributed by atoms with van der Waals surface area (Å²) in [5.74, 6) is -0.105. The summed E-state index contributed by atoms with van der Waals surface area (Å²) in [4.78, 5) is 19.0. The number of carbonyl (C=O) groups excluding carboxylic acids is 1. The predicted molar refractivity (Wildman–Crippen MR) is 97.9 cm³/mol. The van der Waals surface area contributed by atoms with E-state index in [1.54, 1.807) is 24.1 Å². The fraction of sp³-hybridized carbons (Fsp3) is 0.474. The number of ether oxygens (including phenoxy) is 3. The van der Waals surface area contributed by atoms with Crippen molar-refractivity contribution < 1.29 is 32.2 Å². The maximum atomic E-state index is 13.0. The van der Waals surface area contributed by atoms with Gasteiger partial charge in [0.2, 0.25) is 0 Å². The first-order valence-electron chi connectivity index (χ1n) is 9.03. The van der Waals surface area contributed by atoms with Gasteiger partial charge in [0.1, 0.15) is 23.7 Å². The number of hydrogen-bond donors (Lipinski definition) is 0. The molecule has 0 spiro atoms. The summed E-state index contributed by atoms with van der Waals surface area (Å²) in [6.07, 6.45) is -2.46. The van der Waals surface area contributed by atoms with Gasteiger partial charge in [-0.3, -0.25) is 4.79 Å². The smallest absolute Gasteiger partial charge is 0.422 e. The largest absolute Gasteiger partial charge is 0.484 e. The van der Waals surface area contributed by atoms with Crippen LogP contribution in [0.2, 0.25) is 0 Å². The van der Waals surface area contributed by atoms with Gasteiger partial charge in [0.15, 0.2) is 12.2 Å². The van der Waals surface area contributed by atoms with Crippen molar-refractivity contribution in [1.29, 1.82) is 0 Å². The second kappa shape index (κ2) is 7.58. The van der Waals surface area contributed by atoms with Crippen molar-refractivity contribution in [3.05, 3.63) is 45.9 Å². The van der Waals surface area contributed by atoms with Crippen molar-refractivity contribution in [1.82, 2.24) is 9.88 Å². The number of nitrogens with zero attached hydrogens (tertiary/aromatic N) is 2. The van der Waals surface area contributed by atoms with Crippen LogP contribution >= 0.6 is 11.3 Å². The number of rotatable bonds is 4. The molecule has 4 rings (SSSR count). The van der Waals surface area contributed by atoms with Gasteiger partial charge in [0, 0.05) is 30.1 Å². The lowest BCUT2D eigenvalue weighted by Crippen LogP contribution is -2.53. The van der Waals surface area contributed by atoms with E-state index in [1.807, 2.05) is 5.38 Å². The van der Waals surface area contributed by atoms with E-state index in [0.717, 1.165) is 5.01 Å². The van der Waals surface area contributed by atoms with Crippen LogP contribution in [0.1, 0.15) is 27.3 Å². The number of aryl methyl sites for hydroxylation is 1. The van der Waals surface area contributed by atoms with Gasteiger partial charge in [0.05, 0.1) is 6.54 Å². The average Bonchev–Trinajstić information content (AvgIpc) is 3.35. The van der Waals surface area contributed by atoms with Gasteiger partial charge in [-0.15, -0.1) is 11.3 Å². The van der Waals surface area contributed by atoms with Crippen molar-refractivity contribution in [3.63, 3.8) is 0 Å². The Morgan fingerprint density at radius 2 is 2.28 bits per heavy atom. The first-order chi connectivity index (χ1) is 13.8. The Bertz CT molecular complexity index is 890. The number of carbonyl (C=O) groups is 1. The minimum Gasteiger partial charge on any atom is -0.484 e. The fourth-order valence-electron chi connectivity index (χ4n) is 3.68. The van der Waals surface area contributed by atoms with Crippen LogP contribution in [0.3, 0.4) is 0 Å². The van der Waals surface area contributed by atoms with E-state index < -0.39 is 18.4 Å². The van der Waals surface area contributed by atoms with Crippen molar-refractivity contribution in [2.24, 2.45) is 0 Å². The molecule has 0 bridgehead atoms. The highest BCUT2D eigenvalue weighted by molar-refractivity contribution is 7.09. The zero-order valence-corrected chi connectivity index (χ0v) is 16.4. The molecule has 2 aromatic rings. The van der Waals surface area contributed by atoms with Gasteiger partial charge in [-0.25, -0.2) is 4.98 Å². The maximum Gasteiger partial charge on any atom is 0.422 e. The molecule has 1 amide bonds. The number of fused-ring (bicyclic) bond motifs is 1. The molecule has 2 aliphatic rings. The molecule has 2 fully saturated rings. The molecule has 1 aromatic carbocycles. The molecule has 2 aliphatic heterocycles. The van der Waals surface area contributed by atoms with Gasteiger partial charge in [-0.2, -0.15) is 13.2 Å². The molecule has 3 heterocycles. The third-order valence-corrected chi connectivity index (χ3v) is 6.07. The van der Waals surface area contributed by atoms with Crippen molar-refractivity contribution >= 4 is 17.2 Å². The Kier molecular flexibility index (Phi) is 5.26. The standard InChI is InChI=1S/C19H19F3N2O4S/c1-12-8-13(2-3-14(12)26-10-19(20,21)22)16(25)24-6-4-18(17-23-5-7-29-17)15(9-24)27-11-28-18/h2-3,5,7-8,15H,4,6,9-11H2,1H3. The molecule has 10 heteroatoms. The van der Waals surface area contributed by atoms with Crippen LogP contribution in [0, 0.1) is 6.92 Å². The van der Waals surface area contributed by atoms with Crippen LogP contribution in [0.25, 0.3) is 0 Å². The summed E-state index contributed by atoms with van der Waals surface area (Å²) in [6.45, 7) is 1.20. The van der Waals surface area contributed by atoms with E-state index in [1.165, 1.54) is 23.5 Å². The van der Waals surface area contributed by atoms with Crippen LogP contribution in [0.5, 0.6) is 5.75 Å². The Balaban J connectivity index is 1.46. The lowest BCUT2D eigenvalue weighted by Gasteiger charge is -2.40. The number of benzene rings is 1. The summed E-state index contributed by atoms with van der Waals surface area (Å²) in [5.41, 5.74) is 0.230. The molecular weight excluding hydrogens is 409 g/mol. The summed E-state index contributed by atoms with van der Waals surface area (Å²) in [7, 11) is 0. The minimum atomic E-state index is -4.41. The number of halogens is 3. The molecule has 2 saturated heterocycles. The molecule has 1 aromatic heterocycles. The van der Waals surface area contributed by atoms with Crippen molar-refractivity contribution in [3.8, 4) is 5.75 Å². The Morgan fingerprint density at radius 3 is 2.97 bits per heavy atom. The number of likely N-dealkylation sites (tertiary alicyclic amines) is 1. The molecule has 0 N–H and O–H groups in total. The maximum absolute atomic E-state index is 13.0. The third kappa shape index (κ3) is 3.96. The molecule has 156 valence electrons. The van der Waals surface area contributed by atoms with E-state index in [0.29, 0.717) is 30.6 Å². The van der Waals surface area contributed by atoms with Gasteiger partial charge in [-0.1, -0.05) is 0 Å². The third-order valence-electron chi connectivity index (χ3n) is 5.14. The second-order valence-corrected chi connectivity index (χ2v) is 7.92. The number of aromatic nitrogens is 1. The normalized spacial score (nSPS) is 24.4. The molecule has 0 aliphatic carbocycles. The molecule has 29 heavy (non-hydrogen) atoms. The van der Waals surface area contributed by atoms with E-state index in [4.69, 9.17) is 14.2 Å². The number of hydrogen-bond acceptors (Lipinski definition) is 6. The first kappa shape index (κ1) is 20.1. The SMILES string of the molecule is Cc1cc(C(=O)N2CCC3(c4nccs4)OCOC3C2)ccc1OCC(F)(F)F. The van der Waals surface area contributed by atoms with Gasteiger partial charge < -0.3 is 19.1 Å². The topological polar surface area (TPSA) is 60.9 Å². The fourth-order valence-corrected chi connectivity index (χ4v) is 4.55. The minimum absolute atomic E-state index is 0.104. The highest BCUT2D eigenvalue weighted by atomic mass is 32.1. The quantitative estimate of drug-likeness (QED) is 0.746.